The average molecular weight is 186 g/mol. The van der Waals surface area contributed by atoms with Crippen LogP contribution < -0.4 is 0 Å². The molecule has 0 aromatic carbocycles. The van der Waals surface area contributed by atoms with Gasteiger partial charge in [-0.3, -0.25) is 4.79 Å². The van der Waals surface area contributed by atoms with E-state index in [0.29, 0.717) is 18.9 Å². The normalized spacial score (nSPS) is 13.0. The van der Waals surface area contributed by atoms with Gasteiger partial charge in [-0.25, -0.2) is 0 Å². The van der Waals surface area contributed by atoms with Crippen molar-refractivity contribution in [3.05, 3.63) is 0 Å². The molecule has 2 heteroatoms. The highest BCUT2D eigenvalue weighted by Gasteiger charge is 2.08. The van der Waals surface area contributed by atoms with Crippen molar-refractivity contribution >= 4 is 5.97 Å². The third-order valence-corrected chi connectivity index (χ3v) is 2.02. The topological polar surface area (TPSA) is 26.3 Å². The Kier molecular flexibility index (Phi) is 6.65. The third-order valence-electron chi connectivity index (χ3n) is 2.02. The summed E-state index contributed by atoms with van der Waals surface area (Å²) in [4.78, 5) is 11.0. The molecule has 0 saturated heterocycles. The standard InChI is InChI=1S/C11H22O2/c1-5-13-11(12)7-6-10(4)8-9(2)3/h9-10H,5-8H2,1-4H3. The van der Waals surface area contributed by atoms with E-state index in [4.69, 9.17) is 4.74 Å². The molecule has 0 radical (unpaired) electrons. The van der Waals surface area contributed by atoms with Crippen molar-refractivity contribution < 1.29 is 9.53 Å². The van der Waals surface area contributed by atoms with Crippen LogP contribution in [0.5, 0.6) is 0 Å². The molecule has 0 aliphatic rings. The molecule has 0 bridgehead atoms. The maximum absolute atomic E-state index is 11.0. The van der Waals surface area contributed by atoms with Crippen molar-refractivity contribution in [1.82, 2.24) is 0 Å². The zero-order valence-corrected chi connectivity index (χ0v) is 9.30. The summed E-state index contributed by atoms with van der Waals surface area (Å²) < 4.78 is 4.86. The molecule has 0 amide bonds. The van der Waals surface area contributed by atoms with Crippen molar-refractivity contribution in [2.75, 3.05) is 6.61 Å². The minimum atomic E-state index is -0.0573. The van der Waals surface area contributed by atoms with Crippen LogP contribution in [0.1, 0.15) is 47.0 Å². The fraction of sp³-hybridized carbons (Fsp3) is 0.909. The Morgan fingerprint density at radius 2 is 1.92 bits per heavy atom. The zero-order chi connectivity index (χ0) is 10.3. The van der Waals surface area contributed by atoms with E-state index < -0.39 is 0 Å². The Morgan fingerprint density at radius 1 is 1.31 bits per heavy atom. The van der Waals surface area contributed by atoms with E-state index in [-0.39, 0.29) is 5.97 Å². The molecule has 1 unspecified atom stereocenters. The van der Waals surface area contributed by atoms with Gasteiger partial charge in [0.15, 0.2) is 0 Å². The first-order valence-corrected chi connectivity index (χ1v) is 5.21. The maximum atomic E-state index is 11.0. The molecule has 2 nitrogen and oxygen atoms in total. The minimum absolute atomic E-state index is 0.0573. The second kappa shape index (κ2) is 6.93. The maximum Gasteiger partial charge on any atom is 0.305 e. The molecule has 0 aromatic rings. The highest BCUT2D eigenvalue weighted by molar-refractivity contribution is 5.69. The molecule has 0 aliphatic heterocycles. The summed E-state index contributed by atoms with van der Waals surface area (Å²) >= 11 is 0. The van der Waals surface area contributed by atoms with Crippen molar-refractivity contribution in [2.24, 2.45) is 11.8 Å². The van der Waals surface area contributed by atoms with Crippen LogP contribution in [-0.2, 0) is 9.53 Å². The molecule has 78 valence electrons. The number of carbonyl (C=O) groups is 1. The summed E-state index contributed by atoms with van der Waals surface area (Å²) in [5.74, 6) is 1.29. The summed E-state index contributed by atoms with van der Waals surface area (Å²) in [6, 6.07) is 0. The Morgan fingerprint density at radius 3 is 2.38 bits per heavy atom. The van der Waals surface area contributed by atoms with E-state index in [9.17, 15) is 4.79 Å². The van der Waals surface area contributed by atoms with Gasteiger partial charge in [-0.1, -0.05) is 20.8 Å². The van der Waals surface area contributed by atoms with Crippen molar-refractivity contribution in [1.29, 1.82) is 0 Å². The molecule has 13 heavy (non-hydrogen) atoms. The molecular formula is C11H22O2. The Hall–Kier alpha value is -0.530. The van der Waals surface area contributed by atoms with Crippen LogP contribution in [0.2, 0.25) is 0 Å². The molecule has 0 aliphatic carbocycles. The van der Waals surface area contributed by atoms with Crippen molar-refractivity contribution in [2.45, 2.75) is 47.0 Å². The molecule has 0 aromatic heterocycles. The van der Waals surface area contributed by atoms with Gasteiger partial charge in [-0.2, -0.15) is 0 Å². The Balaban J connectivity index is 3.45. The van der Waals surface area contributed by atoms with Gasteiger partial charge in [0.2, 0.25) is 0 Å². The van der Waals surface area contributed by atoms with Crippen LogP contribution in [0.25, 0.3) is 0 Å². The van der Waals surface area contributed by atoms with Crippen LogP contribution in [-0.4, -0.2) is 12.6 Å². The number of carbonyl (C=O) groups excluding carboxylic acids is 1. The Labute approximate surface area is 81.7 Å². The smallest absolute Gasteiger partial charge is 0.305 e. The lowest BCUT2D eigenvalue weighted by atomic mass is 9.95. The second-order valence-corrected chi connectivity index (χ2v) is 4.08. The molecule has 0 N–H and O–H groups in total. The lowest BCUT2D eigenvalue weighted by molar-refractivity contribution is -0.143. The zero-order valence-electron chi connectivity index (χ0n) is 9.30. The van der Waals surface area contributed by atoms with Gasteiger partial charge in [0.05, 0.1) is 6.61 Å². The van der Waals surface area contributed by atoms with E-state index in [1.54, 1.807) is 0 Å². The molecule has 0 saturated carbocycles. The van der Waals surface area contributed by atoms with Crippen LogP contribution in [0.15, 0.2) is 0 Å². The van der Waals surface area contributed by atoms with Crippen molar-refractivity contribution in [3.8, 4) is 0 Å². The molecule has 0 heterocycles. The number of rotatable bonds is 6. The van der Waals surface area contributed by atoms with E-state index in [2.05, 4.69) is 20.8 Å². The van der Waals surface area contributed by atoms with Crippen molar-refractivity contribution in [3.63, 3.8) is 0 Å². The van der Waals surface area contributed by atoms with Gasteiger partial charge in [0, 0.05) is 6.42 Å². The van der Waals surface area contributed by atoms with Gasteiger partial charge in [0.1, 0.15) is 0 Å². The number of ether oxygens (including phenoxy) is 1. The quantitative estimate of drug-likeness (QED) is 0.596. The third kappa shape index (κ3) is 7.82. The predicted octanol–water partition coefficient (Wildman–Crippen LogP) is 3.01. The van der Waals surface area contributed by atoms with Gasteiger partial charge in [0.25, 0.3) is 0 Å². The van der Waals surface area contributed by atoms with E-state index >= 15 is 0 Å². The van der Waals surface area contributed by atoms with Gasteiger partial charge >= 0.3 is 5.97 Å². The SMILES string of the molecule is CCOC(=O)CCC(C)CC(C)C. The summed E-state index contributed by atoms with van der Waals surface area (Å²) in [6.07, 6.45) is 2.72. The molecule has 0 spiro atoms. The summed E-state index contributed by atoms with van der Waals surface area (Å²) in [5, 5.41) is 0. The molecule has 1 atom stereocenters. The fourth-order valence-corrected chi connectivity index (χ4v) is 1.52. The van der Waals surface area contributed by atoms with Crippen LogP contribution in [0.4, 0.5) is 0 Å². The average Bonchev–Trinajstić information content (AvgIpc) is 2.00. The number of hydrogen-bond acceptors (Lipinski definition) is 2. The second-order valence-electron chi connectivity index (χ2n) is 4.08. The number of esters is 1. The monoisotopic (exact) mass is 186 g/mol. The summed E-state index contributed by atoms with van der Waals surface area (Å²) in [5.41, 5.74) is 0. The summed E-state index contributed by atoms with van der Waals surface area (Å²) in [6.45, 7) is 8.95. The first kappa shape index (κ1) is 12.5. The largest absolute Gasteiger partial charge is 0.466 e. The molecular weight excluding hydrogens is 164 g/mol. The highest BCUT2D eigenvalue weighted by atomic mass is 16.5. The summed E-state index contributed by atoms with van der Waals surface area (Å²) in [7, 11) is 0. The minimum Gasteiger partial charge on any atom is -0.466 e. The highest BCUT2D eigenvalue weighted by Crippen LogP contribution is 2.16. The van der Waals surface area contributed by atoms with E-state index in [1.807, 2.05) is 6.92 Å². The van der Waals surface area contributed by atoms with Gasteiger partial charge < -0.3 is 4.74 Å². The Bertz CT molecular complexity index is 141. The fourth-order valence-electron chi connectivity index (χ4n) is 1.52. The van der Waals surface area contributed by atoms with E-state index in [0.717, 1.165) is 12.3 Å². The first-order chi connectivity index (χ1) is 6.06. The van der Waals surface area contributed by atoms with E-state index in [1.165, 1.54) is 6.42 Å². The lowest BCUT2D eigenvalue weighted by Gasteiger charge is -2.12. The van der Waals surface area contributed by atoms with Crippen LogP contribution in [0.3, 0.4) is 0 Å². The molecule has 0 rings (SSSR count). The van der Waals surface area contributed by atoms with Crippen LogP contribution >= 0.6 is 0 Å². The number of hydrogen-bond donors (Lipinski definition) is 0. The molecule has 0 fully saturated rings. The first-order valence-electron chi connectivity index (χ1n) is 5.21. The van der Waals surface area contributed by atoms with Crippen LogP contribution in [0, 0.1) is 11.8 Å². The predicted molar refractivity (Wildman–Crippen MR) is 54.5 cm³/mol. The van der Waals surface area contributed by atoms with Gasteiger partial charge in [-0.05, 0) is 31.6 Å². The lowest BCUT2D eigenvalue weighted by Crippen LogP contribution is -2.07. The van der Waals surface area contributed by atoms with Gasteiger partial charge in [-0.15, -0.1) is 0 Å².